The summed E-state index contributed by atoms with van der Waals surface area (Å²) in [5, 5.41) is 10.6. The van der Waals surface area contributed by atoms with E-state index in [-0.39, 0.29) is 18.3 Å². The Balaban J connectivity index is 1.53. The zero-order valence-corrected chi connectivity index (χ0v) is 14.2. The number of rotatable bonds is 7. The summed E-state index contributed by atoms with van der Waals surface area (Å²) in [4.78, 5) is 11.9. The van der Waals surface area contributed by atoms with Gasteiger partial charge in [-0.1, -0.05) is 6.92 Å². The normalized spacial score (nSPS) is 10.5. The zero-order valence-electron chi connectivity index (χ0n) is 14.2. The molecule has 0 radical (unpaired) electrons. The van der Waals surface area contributed by atoms with Crippen LogP contribution in [0.2, 0.25) is 0 Å². The minimum atomic E-state index is -0.359. The van der Waals surface area contributed by atoms with Crippen molar-refractivity contribution in [3.05, 3.63) is 60.2 Å². The second-order valence-electron chi connectivity index (χ2n) is 5.62. The van der Waals surface area contributed by atoms with E-state index in [0.29, 0.717) is 23.2 Å². The predicted molar refractivity (Wildman–Crippen MR) is 94.3 cm³/mol. The molecule has 3 aromatic rings. The lowest BCUT2D eigenvalue weighted by Crippen LogP contribution is -2.20. The number of carbonyl (C=O) groups is 1. The van der Waals surface area contributed by atoms with E-state index in [1.54, 1.807) is 24.3 Å². The molecule has 1 amide bonds. The number of ether oxygens (including phenoxy) is 1. The number of benzene rings is 2. The summed E-state index contributed by atoms with van der Waals surface area (Å²) in [6.07, 6.45) is 1.69. The third-order valence-electron chi connectivity index (χ3n) is 3.53. The van der Waals surface area contributed by atoms with E-state index in [4.69, 9.17) is 9.15 Å². The lowest BCUT2D eigenvalue weighted by molar-refractivity contribution is -0.118. The van der Waals surface area contributed by atoms with Crippen LogP contribution >= 0.6 is 0 Å². The average molecular weight is 355 g/mol. The van der Waals surface area contributed by atoms with Gasteiger partial charge in [-0.25, -0.2) is 4.39 Å². The molecule has 0 unspecified atom stereocenters. The lowest BCUT2D eigenvalue weighted by Gasteiger charge is -2.07. The minimum absolute atomic E-state index is 0.155. The molecule has 1 N–H and O–H groups in total. The van der Waals surface area contributed by atoms with Gasteiger partial charge < -0.3 is 14.5 Å². The first-order valence-electron chi connectivity index (χ1n) is 8.25. The summed E-state index contributed by atoms with van der Waals surface area (Å²) in [6, 6.07) is 12.6. The molecule has 0 spiro atoms. The van der Waals surface area contributed by atoms with E-state index in [1.165, 1.54) is 24.3 Å². The molecule has 0 saturated heterocycles. The Labute approximate surface area is 150 Å². The van der Waals surface area contributed by atoms with Gasteiger partial charge in [-0.15, -0.1) is 10.2 Å². The van der Waals surface area contributed by atoms with Gasteiger partial charge in [0.15, 0.2) is 6.61 Å². The predicted octanol–water partition coefficient (Wildman–Crippen LogP) is 3.85. The van der Waals surface area contributed by atoms with Crippen molar-refractivity contribution in [2.45, 2.75) is 19.8 Å². The standard InChI is InChI=1S/C19H18FN3O3/c1-2-3-18-22-23-19(26-18)13-4-10-16(11-5-13)25-12-17(24)21-15-8-6-14(20)7-9-15/h4-11H,2-3,12H2,1H3,(H,21,24). The number of hydrogen-bond donors (Lipinski definition) is 1. The molecule has 0 bridgehead atoms. The first-order chi connectivity index (χ1) is 12.6. The van der Waals surface area contributed by atoms with Crippen LogP contribution in [0.4, 0.5) is 10.1 Å². The summed E-state index contributed by atoms with van der Waals surface area (Å²) in [5.74, 6) is 0.912. The molecule has 1 aromatic heterocycles. The summed E-state index contributed by atoms with van der Waals surface area (Å²) in [6.45, 7) is 1.89. The van der Waals surface area contributed by atoms with Crippen LogP contribution in [0.15, 0.2) is 52.9 Å². The highest BCUT2D eigenvalue weighted by atomic mass is 19.1. The molecule has 1 heterocycles. The van der Waals surface area contributed by atoms with Crippen molar-refractivity contribution in [2.75, 3.05) is 11.9 Å². The zero-order chi connectivity index (χ0) is 18.4. The van der Waals surface area contributed by atoms with Gasteiger partial charge in [0.25, 0.3) is 5.91 Å². The highest BCUT2D eigenvalue weighted by Crippen LogP contribution is 2.21. The van der Waals surface area contributed by atoms with Crippen LogP contribution in [0.1, 0.15) is 19.2 Å². The Hall–Kier alpha value is -3.22. The van der Waals surface area contributed by atoms with Crippen molar-refractivity contribution in [1.82, 2.24) is 10.2 Å². The molecule has 7 heteroatoms. The average Bonchev–Trinajstić information content (AvgIpc) is 3.11. The number of hydrogen-bond acceptors (Lipinski definition) is 5. The number of carbonyl (C=O) groups excluding carboxylic acids is 1. The van der Waals surface area contributed by atoms with E-state index in [0.717, 1.165) is 18.4 Å². The van der Waals surface area contributed by atoms with Crippen LogP contribution < -0.4 is 10.1 Å². The smallest absolute Gasteiger partial charge is 0.262 e. The molecule has 0 aliphatic rings. The fourth-order valence-electron chi connectivity index (χ4n) is 2.26. The molecule has 26 heavy (non-hydrogen) atoms. The number of aryl methyl sites for hydroxylation is 1. The summed E-state index contributed by atoms with van der Waals surface area (Å²) in [7, 11) is 0. The quantitative estimate of drug-likeness (QED) is 0.697. The molecular formula is C19H18FN3O3. The molecule has 0 fully saturated rings. The van der Waals surface area contributed by atoms with Crippen molar-refractivity contribution in [3.63, 3.8) is 0 Å². The van der Waals surface area contributed by atoms with Gasteiger partial charge in [-0.2, -0.15) is 0 Å². The Kier molecular flexibility index (Phi) is 5.58. The first-order valence-corrected chi connectivity index (χ1v) is 8.25. The van der Waals surface area contributed by atoms with E-state index in [1.807, 2.05) is 6.92 Å². The van der Waals surface area contributed by atoms with E-state index in [2.05, 4.69) is 15.5 Å². The van der Waals surface area contributed by atoms with Crippen LogP contribution in [0.25, 0.3) is 11.5 Å². The summed E-state index contributed by atoms with van der Waals surface area (Å²) in [5.41, 5.74) is 1.29. The maximum absolute atomic E-state index is 12.8. The largest absolute Gasteiger partial charge is 0.484 e. The van der Waals surface area contributed by atoms with Crippen LogP contribution in [0.5, 0.6) is 5.75 Å². The third kappa shape index (κ3) is 4.66. The molecule has 0 aliphatic carbocycles. The molecule has 2 aromatic carbocycles. The molecule has 0 saturated carbocycles. The number of aromatic nitrogens is 2. The van der Waals surface area contributed by atoms with E-state index in [9.17, 15) is 9.18 Å². The fourth-order valence-corrected chi connectivity index (χ4v) is 2.26. The third-order valence-corrected chi connectivity index (χ3v) is 3.53. The Morgan fingerprint density at radius 1 is 1.12 bits per heavy atom. The van der Waals surface area contributed by atoms with Gasteiger partial charge in [0.1, 0.15) is 11.6 Å². The number of anilines is 1. The van der Waals surface area contributed by atoms with Crippen LogP contribution in [-0.2, 0) is 11.2 Å². The van der Waals surface area contributed by atoms with Crippen molar-refractivity contribution >= 4 is 11.6 Å². The summed E-state index contributed by atoms with van der Waals surface area (Å²) >= 11 is 0. The highest BCUT2D eigenvalue weighted by Gasteiger charge is 2.09. The first kappa shape index (κ1) is 17.6. The van der Waals surface area contributed by atoms with Crippen LogP contribution in [0, 0.1) is 5.82 Å². The maximum atomic E-state index is 12.8. The molecule has 0 aliphatic heterocycles. The van der Waals surface area contributed by atoms with E-state index < -0.39 is 0 Å². The van der Waals surface area contributed by atoms with Crippen molar-refractivity contribution < 1.29 is 18.3 Å². The highest BCUT2D eigenvalue weighted by molar-refractivity contribution is 5.91. The minimum Gasteiger partial charge on any atom is -0.484 e. The number of nitrogens with zero attached hydrogens (tertiary/aromatic N) is 2. The molecule has 0 atom stereocenters. The Bertz CT molecular complexity index is 860. The fraction of sp³-hybridized carbons (Fsp3) is 0.211. The Morgan fingerprint density at radius 3 is 2.54 bits per heavy atom. The number of halogens is 1. The maximum Gasteiger partial charge on any atom is 0.262 e. The molecule has 6 nitrogen and oxygen atoms in total. The number of amides is 1. The molecule has 134 valence electrons. The summed E-state index contributed by atoms with van der Waals surface area (Å²) < 4.78 is 23.9. The van der Waals surface area contributed by atoms with Crippen LogP contribution in [-0.4, -0.2) is 22.7 Å². The second kappa shape index (κ2) is 8.24. The second-order valence-corrected chi connectivity index (χ2v) is 5.62. The van der Waals surface area contributed by atoms with Crippen molar-refractivity contribution in [3.8, 4) is 17.2 Å². The van der Waals surface area contributed by atoms with Gasteiger partial charge in [-0.05, 0) is 55.0 Å². The van der Waals surface area contributed by atoms with Crippen LogP contribution in [0.3, 0.4) is 0 Å². The SMILES string of the molecule is CCCc1nnc(-c2ccc(OCC(=O)Nc3ccc(F)cc3)cc2)o1. The Morgan fingerprint density at radius 2 is 1.85 bits per heavy atom. The molecular weight excluding hydrogens is 337 g/mol. The van der Waals surface area contributed by atoms with Gasteiger partial charge in [0, 0.05) is 17.7 Å². The van der Waals surface area contributed by atoms with E-state index >= 15 is 0 Å². The van der Waals surface area contributed by atoms with Gasteiger partial charge >= 0.3 is 0 Å². The van der Waals surface area contributed by atoms with Gasteiger partial charge in [0.05, 0.1) is 0 Å². The molecule has 3 rings (SSSR count). The monoisotopic (exact) mass is 355 g/mol. The van der Waals surface area contributed by atoms with Crippen molar-refractivity contribution in [1.29, 1.82) is 0 Å². The van der Waals surface area contributed by atoms with Crippen molar-refractivity contribution in [2.24, 2.45) is 0 Å². The number of nitrogens with one attached hydrogen (secondary N) is 1. The van der Waals surface area contributed by atoms with Gasteiger partial charge in [0.2, 0.25) is 11.8 Å². The lowest BCUT2D eigenvalue weighted by atomic mass is 10.2. The topological polar surface area (TPSA) is 77.2 Å². The van der Waals surface area contributed by atoms with Gasteiger partial charge in [-0.3, -0.25) is 4.79 Å².